The van der Waals surface area contributed by atoms with Crippen molar-refractivity contribution in [2.45, 2.75) is 31.7 Å². The number of nitrogens with zero attached hydrogens (tertiary/aromatic N) is 1. The molecule has 4 nitrogen and oxygen atoms in total. The van der Waals surface area contributed by atoms with Crippen LogP contribution < -0.4 is 10.1 Å². The van der Waals surface area contributed by atoms with Crippen LogP contribution in [-0.2, 0) is 4.79 Å². The molecule has 0 radical (unpaired) electrons. The number of hydrogen-bond donors (Lipinski definition) is 1. The molecule has 2 fully saturated rings. The van der Waals surface area contributed by atoms with E-state index in [9.17, 15) is 18.0 Å². The van der Waals surface area contributed by atoms with Gasteiger partial charge in [0.25, 0.3) is 0 Å². The van der Waals surface area contributed by atoms with Crippen LogP contribution in [0, 0.1) is 5.92 Å². The second-order valence-electron chi connectivity index (χ2n) is 6.17. The van der Waals surface area contributed by atoms with Crippen molar-refractivity contribution >= 4 is 5.91 Å². The Morgan fingerprint density at radius 3 is 2.78 bits per heavy atom. The SMILES string of the molecule is C[C@@H]1CN(C(=O)[C@H]2C[C@H]2c2ccccc2OC(F)(F)F)CCN1. The summed E-state index contributed by atoms with van der Waals surface area (Å²) in [4.78, 5) is 14.3. The van der Waals surface area contributed by atoms with Gasteiger partial charge in [0.1, 0.15) is 5.75 Å². The van der Waals surface area contributed by atoms with Crippen molar-refractivity contribution < 1.29 is 22.7 Å². The first kappa shape index (κ1) is 16.1. The highest BCUT2D eigenvalue weighted by atomic mass is 19.4. The minimum atomic E-state index is -4.72. The van der Waals surface area contributed by atoms with Crippen LogP contribution in [0.15, 0.2) is 24.3 Å². The molecule has 0 aromatic heterocycles. The maximum atomic E-state index is 12.5. The molecule has 3 atom stereocenters. The zero-order valence-electron chi connectivity index (χ0n) is 12.8. The van der Waals surface area contributed by atoms with E-state index in [4.69, 9.17) is 0 Å². The Morgan fingerprint density at radius 2 is 2.09 bits per heavy atom. The van der Waals surface area contributed by atoms with Gasteiger partial charge in [-0.1, -0.05) is 18.2 Å². The number of benzene rings is 1. The van der Waals surface area contributed by atoms with Gasteiger partial charge in [-0.25, -0.2) is 0 Å². The second-order valence-corrected chi connectivity index (χ2v) is 6.17. The highest BCUT2D eigenvalue weighted by Gasteiger charge is 2.48. The van der Waals surface area contributed by atoms with Crippen molar-refractivity contribution in [2.75, 3.05) is 19.6 Å². The molecule has 0 bridgehead atoms. The maximum absolute atomic E-state index is 12.5. The highest BCUT2D eigenvalue weighted by molar-refractivity contribution is 5.83. The Bertz CT molecular complexity index is 591. The molecule has 1 saturated heterocycles. The molecule has 1 aliphatic heterocycles. The first-order valence-electron chi connectivity index (χ1n) is 7.72. The summed E-state index contributed by atoms with van der Waals surface area (Å²) in [5.41, 5.74) is 0.464. The molecule has 2 aliphatic rings. The Kier molecular flexibility index (Phi) is 4.23. The van der Waals surface area contributed by atoms with Crippen molar-refractivity contribution in [3.63, 3.8) is 0 Å². The number of ether oxygens (including phenoxy) is 1. The number of carbonyl (C=O) groups is 1. The number of alkyl halides is 3. The average molecular weight is 328 g/mol. The third-order valence-electron chi connectivity index (χ3n) is 4.33. The number of piperazine rings is 1. The third kappa shape index (κ3) is 3.77. The number of amides is 1. The van der Waals surface area contributed by atoms with Crippen LogP contribution in [0.4, 0.5) is 13.2 Å². The second kappa shape index (κ2) is 6.03. The number of carbonyl (C=O) groups excluding carboxylic acids is 1. The van der Waals surface area contributed by atoms with E-state index in [1.54, 1.807) is 17.0 Å². The molecule has 0 spiro atoms. The first-order chi connectivity index (χ1) is 10.8. The lowest BCUT2D eigenvalue weighted by Crippen LogP contribution is -2.51. The van der Waals surface area contributed by atoms with Crippen molar-refractivity contribution in [1.29, 1.82) is 0 Å². The zero-order chi connectivity index (χ0) is 16.6. The van der Waals surface area contributed by atoms with Gasteiger partial charge in [-0.15, -0.1) is 13.2 Å². The summed E-state index contributed by atoms with van der Waals surface area (Å²) in [6.45, 7) is 4.05. The predicted octanol–water partition coefficient (Wildman–Crippen LogP) is 2.51. The van der Waals surface area contributed by atoms with E-state index in [2.05, 4.69) is 10.1 Å². The van der Waals surface area contributed by atoms with Crippen molar-refractivity contribution in [2.24, 2.45) is 5.92 Å². The van der Waals surface area contributed by atoms with Crippen LogP contribution in [0.5, 0.6) is 5.75 Å². The largest absolute Gasteiger partial charge is 0.573 e. The minimum absolute atomic E-state index is 0.0326. The molecule has 0 unspecified atom stereocenters. The zero-order valence-corrected chi connectivity index (χ0v) is 12.8. The first-order valence-corrected chi connectivity index (χ1v) is 7.72. The molecule has 1 N–H and O–H groups in total. The van der Waals surface area contributed by atoms with Crippen molar-refractivity contribution in [1.82, 2.24) is 10.2 Å². The van der Waals surface area contributed by atoms with E-state index in [1.165, 1.54) is 12.1 Å². The van der Waals surface area contributed by atoms with Gasteiger partial charge in [0.05, 0.1) is 0 Å². The van der Waals surface area contributed by atoms with Crippen LogP contribution in [0.1, 0.15) is 24.8 Å². The average Bonchev–Trinajstić information content (AvgIpc) is 3.25. The fourth-order valence-electron chi connectivity index (χ4n) is 3.18. The summed E-state index contributed by atoms with van der Waals surface area (Å²) in [5, 5.41) is 3.27. The summed E-state index contributed by atoms with van der Waals surface area (Å²) < 4.78 is 41.6. The van der Waals surface area contributed by atoms with Crippen LogP contribution in [-0.4, -0.2) is 42.8 Å². The summed E-state index contributed by atoms with van der Waals surface area (Å²) >= 11 is 0. The third-order valence-corrected chi connectivity index (χ3v) is 4.33. The summed E-state index contributed by atoms with van der Waals surface area (Å²) in [6.07, 6.45) is -4.14. The van der Waals surface area contributed by atoms with Gasteiger partial charge in [0.2, 0.25) is 5.91 Å². The fourth-order valence-corrected chi connectivity index (χ4v) is 3.18. The Hall–Kier alpha value is -1.76. The minimum Gasteiger partial charge on any atom is -0.405 e. The van der Waals surface area contributed by atoms with Crippen LogP contribution in [0.25, 0.3) is 0 Å². The van der Waals surface area contributed by atoms with E-state index in [1.807, 2.05) is 6.92 Å². The molecule has 1 saturated carbocycles. The molecule has 1 amide bonds. The van der Waals surface area contributed by atoms with Crippen molar-refractivity contribution in [3.05, 3.63) is 29.8 Å². The van der Waals surface area contributed by atoms with Gasteiger partial charge in [-0.3, -0.25) is 4.79 Å². The van der Waals surface area contributed by atoms with Crippen LogP contribution >= 0.6 is 0 Å². The normalized spacial score (nSPS) is 27.7. The fraction of sp³-hybridized carbons (Fsp3) is 0.562. The van der Waals surface area contributed by atoms with E-state index in [0.29, 0.717) is 25.1 Å². The molecule has 23 heavy (non-hydrogen) atoms. The number of rotatable bonds is 3. The molecular weight excluding hydrogens is 309 g/mol. The topological polar surface area (TPSA) is 41.6 Å². The molecule has 1 heterocycles. The van der Waals surface area contributed by atoms with Gasteiger partial charge in [-0.05, 0) is 30.9 Å². The monoisotopic (exact) mass is 328 g/mol. The number of para-hydroxylation sites is 1. The lowest BCUT2D eigenvalue weighted by atomic mass is 10.1. The van der Waals surface area contributed by atoms with E-state index >= 15 is 0 Å². The van der Waals surface area contributed by atoms with Crippen LogP contribution in [0.2, 0.25) is 0 Å². The summed E-state index contributed by atoms with van der Waals surface area (Å²) in [6, 6.07) is 6.33. The van der Waals surface area contributed by atoms with Gasteiger partial charge in [0.15, 0.2) is 0 Å². The maximum Gasteiger partial charge on any atom is 0.573 e. The predicted molar refractivity (Wildman–Crippen MR) is 78.0 cm³/mol. The Balaban J connectivity index is 1.69. The van der Waals surface area contributed by atoms with E-state index in [0.717, 1.165) is 6.54 Å². The number of hydrogen-bond acceptors (Lipinski definition) is 3. The molecule has 1 aliphatic carbocycles. The van der Waals surface area contributed by atoms with E-state index < -0.39 is 6.36 Å². The van der Waals surface area contributed by atoms with Gasteiger partial charge in [0, 0.05) is 31.6 Å². The quantitative estimate of drug-likeness (QED) is 0.927. The van der Waals surface area contributed by atoms with Gasteiger partial charge < -0.3 is 15.0 Å². The molecular formula is C16H19F3N2O2. The lowest BCUT2D eigenvalue weighted by Gasteiger charge is -2.32. The molecule has 3 rings (SSSR count). The lowest BCUT2D eigenvalue weighted by molar-refractivity contribution is -0.274. The molecule has 1 aromatic carbocycles. The molecule has 1 aromatic rings. The number of nitrogens with one attached hydrogen (secondary N) is 1. The standard InChI is InChI=1S/C16H19F3N2O2/c1-10-9-21(7-6-20-10)15(22)13-8-12(13)11-4-2-3-5-14(11)23-16(17,18)19/h2-5,10,12-13,20H,6-9H2,1H3/t10-,12+,13+/m1/s1. The van der Waals surface area contributed by atoms with Crippen molar-refractivity contribution in [3.8, 4) is 5.75 Å². The Morgan fingerprint density at radius 1 is 1.35 bits per heavy atom. The number of halogens is 3. The summed E-state index contributed by atoms with van der Waals surface area (Å²) in [5.74, 6) is -0.594. The smallest absolute Gasteiger partial charge is 0.405 e. The van der Waals surface area contributed by atoms with E-state index in [-0.39, 0.29) is 29.5 Å². The highest BCUT2D eigenvalue weighted by Crippen LogP contribution is 2.51. The van der Waals surface area contributed by atoms with Gasteiger partial charge in [-0.2, -0.15) is 0 Å². The van der Waals surface area contributed by atoms with Crippen LogP contribution in [0.3, 0.4) is 0 Å². The molecule has 7 heteroatoms. The van der Waals surface area contributed by atoms with Gasteiger partial charge >= 0.3 is 6.36 Å². The molecule has 126 valence electrons. The Labute approximate surface area is 132 Å². The summed E-state index contributed by atoms with van der Waals surface area (Å²) in [7, 11) is 0.